The van der Waals surface area contributed by atoms with Gasteiger partial charge in [-0.2, -0.15) is 0 Å². The minimum Gasteiger partial charge on any atom is -0.491 e. The van der Waals surface area contributed by atoms with Gasteiger partial charge in [0.15, 0.2) is 0 Å². The van der Waals surface area contributed by atoms with Crippen LogP contribution in [0.1, 0.15) is 26.3 Å². The molecule has 1 aromatic carbocycles. The largest absolute Gasteiger partial charge is 0.491 e. The van der Waals surface area contributed by atoms with Gasteiger partial charge in [-0.3, -0.25) is 0 Å². The highest BCUT2D eigenvalue weighted by Gasteiger charge is 2.05. The van der Waals surface area contributed by atoms with Crippen LogP contribution in [0, 0.1) is 5.92 Å². The Morgan fingerprint density at radius 3 is 2.68 bits per heavy atom. The molecule has 1 aromatic rings. The van der Waals surface area contributed by atoms with Crippen LogP contribution in [0.2, 0.25) is 0 Å². The third-order valence-electron chi connectivity index (χ3n) is 2.83. The average Bonchev–Trinajstić information content (AvgIpc) is 2.34. The number of benzene rings is 1. The highest BCUT2D eigenvalue weighted by molar-refractivity contribution is 5.28. The van der Waals surface area contributed by atoms with Crippen LogP contribution in [0.5, 0.6) is 5.75 Å². The zero-order valence-electron chi connectivity index (χ0n) is 12.6. The van der Waals surface area contributed by atoms with Gasteiger partial charge >= 0.3 is 0 Å². The van der Waals surface area contributed by atoms with E-state index in [-0.39, 0.29) is 6.10 Å². The zero-order valence-corrected chi connectivity index (χ0v) is 12.6. The van der Waals surface area contributed by atoms with Gasteiger partial charge in [0.05, 0.1) is 12.7 Å². The van der Waals surface area contributed by atoms with E-state index >= 15 is 0 Å². The van der Waals surface area contributed by atoms with Gasteiger partial charge in [-0.15, -0.1) is 0 Å². The SMILES string of the molecule is COCCNCC(C)Cc1cccc(OC(C)C)c1. The van der Waals surface area contributed by atoms with Crippen molar-refractivity contribution in [2.75, 3.05) is 26.8 Å². The number of methoxy groups -OCH3 is 1. The summed E-state index contributed by atoms with van der Waals surface area (Å²) in [5.74, 6) is 1.57. The van der Waals surface area contributed by atoms with Crippen molar-refractivity contribution in [1.29, 1.82) is 0 Å². The first-order chi connectivity index (χ1) is 9.11. The third-order valence-corrected chi connectivity index (χ3v) is 2.83. The van der Waals surface area contributed by atoms with E-state index in [4.69, 9.17) is 9.47 Å². The first-order valence-electron chi connectivity index (χ1n) is 7.07. The number of hydrogen-bond acceptors (Lipinski definition) is 3. The summed E-state index contributed by atoms with van der Waals surface area (Å²) in [6.07, 6.45) is 1.29. The lowest BCUT2D eigenvalue weighted by Crippen LogP contribution is -2.25. The van der Waals surface area contributed by atoms with Crippen molar-refractivity contribution in [3.05, 3.63) is 29.8 Å². The fourth-order valence-corrected chi connectivity index (χ4v) is 2.02. The predicted molar refractivity (Wildman–Crippen MR) is 79.8 cm³/mol. The molecule has 1 atom stereocenters. The van der Waals surface area contributed by atoms with Crippen molar-refractivity contribution in [3.63, 3.8) is 0 Å². The van der Waals surface area contributed by atoms with Crippen LogP contribution >= 0.6 is 0 Å². The van der Waals surface area contributed by atoms with E-state index < -0.39 is 0 Å². The van der Waals surface area contributed by atoms with Crippen molar-refractivity contribution in [3.8, 4) is 5.75 Å². The maximum atomic E-state index is 5.72. The lowest BCUT2D eigenvalue weighted by molar-refractivity contribution is 0.198. The van der Waals surface area contributed by atoms with E-state index in [2.05, 4.69) is 44.3 Å². The molecule has 0 amide bonds. The molecule has 0 bridgehead atoms. The maximum Gasteiger partial charge on any atom is 0.119 e. The Kier molecular flexibility index (Phi) is 7.53. The molecule has 3 nitrogen and oxygen atoms in total. The Morgan fingerprint density at radius 2 is 2.00 bits per heavy atom. The first-order valence-corrected chi connectivity index (χ1v) is 7.07. The highest BCUT2D eigenvalue weighted by atomic mass is 16.5. The molecule has 108 valence electrons. The molecule has 3 heteroatoms. The molecule has 1 unspecified atom stereocenters. The van der Waals surface area contributed by atoms with Crippen LogP contribution in [-0.4, -0.2) is 32.9 Å². The molecule has 19 heavy (non-hydrogen) atoms. The van der Waals surface area contributed by atoms with Crippen LogP contribution in [0.15, 0.2) is 24.3 Å². The molecule has 0 aromatic heterocycles. The fraction of sp³-hybridized carbons (Fsp3) is 0.625. The first kappa shape index (κ1) is 16.0. The van der Waals surface area contributed by atoms with Gasteiger partial charge in [0, 0.05) is 13.7 Å². The fourth-order valence-electron chi connectivity index (χ4n) is 2.02. The Morgan fingerprint density at radius 1 is 1.21 bits per heavy atom. The summed E-state index contributed by atoms with van der Waals surface area (Å²) < 4.78 is 10.7. The third kappa shape index (κ3) is 7.19. The van der Waals surface area contributed by atoms with Crippen molar-refractivity contribution >= 4 is 0 Å². The van der Waals surface area contributed by atoms with E-state index in [1.54, 1.807) is 7.11 Å². The van der Waals surface area contributed by atoms with Crippen molar-refractivity contribution in [2.45, 2.75) is 33.3 Å². The molecule has 0 saturated heterocycles. The zero-order chi connectivity index (χ0) is 14.1. The van der Waals surface area contributed by atoms with E-state index in [0.29, 0.717) is 5.92 Å². The Balaban J connectivity index is 2.38. The second kappa shape index (κ2) is 8.94. The second-order valence-electron chi connectivity index (χ2n) is 5.32. The molecule has 0 aliphatic rings. The summed E-state index contributed by atoms with van der Waals surface area (Å²) in [6.45, 7) is 9.06. The van der Waals surface area contributed by atoms with E-state index in [1.165, 1.54) is 5.56 Å². The number of rotatable bonds is 9. The normalized spacial score (nSPS) is 12.7. The van der Waals surface area contributed by atoms with Crippen LogP contribution in [0.4, 0.5) is 0 Å². The van der Waals surface area contributed by atoms with Gasteiger partial charge in [-0.25, -0.2) is 0 Å². The Labute approximate surface area is 117 Å². The molecule has 0 aliphatic carbocycles. The summed E-state index contributed by atoms with van der Waals surface area (Å²) >= 11 is 0. The molecule has 1 N–H and O–H groups in total. The monoisotopic (exact) mass is 265 g/mol. The van der Waals surface area contributed by atoms with Crippen LogP contribution in [0.25, 0.3) is 0 Å². The van der Waals surface area contributed by atoms with Crippen LogP contribution in [-0.2, 0) is 11.2 Å². The second-order valence-corrected chi connectivity index (χ2v) is 5.32. The lowest BCUT2D eigenvalue weighted by atomic mass is 10.0. The quantitative estimate of drug-likeness (QED) is 0.696. The van der Waals surface area contributed by atoms with E-state index in [0.717, 1.165) is 31.9 Å². The summed E-state index contributed by atoms with van der Waals surface area (Å²) in [5, 5.41) is 3.40. The molecule has 0 aliphatic heterocycles. The van der Waals surface area contributed by atoms with Gasteiger partial charge < -0.3 is 14.8 Å². The topological polar surface area (TPSA) is 30.5 Å². The highest BCUT2D eigenvalue weighted by Crippen LogP contribution is 2.17. The van der Waals surface area contributed by atoms with E-state index in [1.807, 2.05) is 6.07 Å². The molecule has 0 radical (unpaired) electrons. The van der Waals surface area contributed by atoms with Gasteiger partial charge in [0.1, 0.15) is 5.75 Å². The molecule has 0 spiro atoms. The van der Waals surface area contributed by atoms with Crippen LogP contribution < -0.4 is 10.1 Å². The smallest absolute Gasteiger partial charge is 0.119 e. The molecule has 0 heterocycles. The molecule has 0 saturated carbocycles. The molecular weight excluding hydrogens is 238 g/mol. The average molecular weight is 265 g/mol. The Bertz CT molecular complexity index is 352. The summed E-state index contributed by atoms with van der Waals surface area (Å²) in [7, 11) is 1.73. The summed E-state index contributed by atoms with van der Waals surface area (Å²) in [6, 6.07) is 8.40. The molecule has 0 fully saturated rings. The molecule has 1 rings (SSSR count). The predicted octanol–water partition coefficient (Wildman–Crippen LogP) is 2.89. The van der Waals surface area contributed by atoms with Gasteiger partial charge in [-0.1, -0.05) is 19.1 Å². The minimum atomic E-state index is 0.225. The minimum absolute atomic E-state index is 0.225. The summed E-state index contributed by atoms with van der Waals surface area (Å²) in [5.41, 5.74) is 1.33. The summed E-state index contributed by atoms with van der Waals surface area (Å²) in [4.78, 5) is 0. The number of hydrogen-bond donors (Lipinski definition) is 1. The standard InChI is InChI=1S/C16H27NO2/c1-13(2)19-16-7-5-6-15(11-16)10-14(3)12-17-8-9-18-4/h5-7,11,13-14,17H,8-10,12H2,1-4H3. The van der Waals surface area contributed by atoms with Crippen molar-refractivity contribution in [1.82, 2.24) is 5.32 Å². The number of ether oxygens (including phenoxy) is 2. The van der Waals surface area contributed by atoms with Gasteiger partial charge in [-0.05, 0) is 50.4 Å². The molecular formula is C16H27NO2. The maximum absolute atomic E-state index is 5.72. The Hall–Kier alpha value is -1.06. The van der Waals surface area contributed by atoms with E-state index in [9.17, 15) is 0 Å². The van der Waals surface area contributed by atoms with Crippen molar-refractivity contribution < 1.29 is 9.47 Å². The van der Waals surface area contributed by atoms with Gasteiger partial charge in [0.2, 0.25) is 0 Å². The lowest BCUT2D eigenvalue weighted by Gasteiger charge is -2.14. The van der Waals surface area contributed by atoms with Gasteiger partial charge in [0.25, 0.3) is 0 Å². The van der Waals surface area contributed by atoms with Crippen LogP contribution in [0.3, 0.4) is 0 Å². The number of nitrogens with one attached hydrogen (secondary N) is 1. The van der Waals surface area contributed by atoms with Crippen molar-refractivity contribution in [2.24, 2.45) is 5.92 Å².